The quantitative estimate of drug-likeness (QED) is 0.259. The maximum atomic E-state index is 12.4. The molecule has 0 spiro atoms. The Morgan fingerprint density at radius 1 is 0.909 bits per heavy atom. The van der Waals surface area contributed by atoms with Crippen molar-refractivity contribution >= 4 is 52.7 Å². The molecule has 1 aliphatic rings. The second kappa shape index (κ2) is 10.3. The largest absolute Gasteiger partial charge is 0.490 e. The van der Waals surface area contributed by atoms with Crippen LogP contribution in [-0.2, 0) is 16.1 Å². The van der Waals surface area contributed by atoms with E-state index in [0.29, 0.717) is 50.9 Å². The van der Waals surface area contributed by atoms with Gasteiger partial charge in [-0.15, -0.1) is 0 Å². The van der Waals surface area contributed by atoms with Crippen molar-refractivity contribution < 1.29 is 19.0 Å². The van der Waals surface area contributed by atoms with E-state index in [2.05, 4.69) is 4.99 Å². The molecule has 168 valence electrons. The van der Waals surface area contributed by atoms with E-state index in [1.807, 2.05) is 31.2 Å². The number of nitrogens with zero attached hydrogens (tertiary/aromatic N) is 1. The summed E-state index contributed by atoms with van der Waals surface area (Å²) >= 11 is 18.2. The number of hydrogen-bond acceptors (Lipinski definition) is 5. The Morgan fingerprint density at radius 3 is 2.48 bits per heavy atom. The van der Waals surface area contributed by atoms with E-state index < -0.39 is 5.97 Å². The average Bonchev–Trinajstić information content (AvgIpc) is 3.16. The molecule has 0 amide bonds. The fraction of sp³-hybridized carbons (Fsp3) is 0.120. The fourth-order valence-corrected chi connectivity index (χ4v) is 3.58. The van der Waals surface area contributed by atoms with Crippen LogP contribution < -0.4 is 9.47 Å². The third kappa shape index (κ3) is 5.50. The van der Waals surface area contributed by atoms with Crippen LogP contribution >= 0.6 is 34.8 Å². The third-order valence-corrected chi connectivity index (χ3v) is 5.81. The maximum Gasteiger partial charge on any atom is 0.363 e. The van der Waals surface area contributed by atoms with Crippen molar-refractivity contribution in [3.8, 4) is 11.5 Å². The monoisotopic (exact) mass is 501 g/mol. The molecule has 0 saturated carbocycles. The lowest BCUT2D eigenvalue weighted by Crippen LogP contribution is -2.05. The van der Waals surface area contributed by atoms with E-state index in [9.17, 15) is 4.79 Å². The molecule has 0 radical (unpaired) electrons. The van der Waals surface area contributed by atoms with Gasteiger partial charge in [0.2, 0.25) is 5.90 Å². The van der Waals surface area contributed by atoms with Crippen molar-refractivity contribution in [3.63, 3.8) is 0 Å². The molecule has 5 nitrogen and oxygen atoms in total. The lowest BCUT2D eigenvalue weighted by Gasteiger charge is -2.13. The predicted octanol–water partition coefficient (Wildman–Crippen LogP) is 6.97. The Balaban J connectivity index is 1.57. The number of carbonyl (C=O) groups excluding carboxylic acids is 1. The number of ether oxygens (including phenoxy) is 3. The summed E-state index contributed by atoms with van der Waals surface area (Å²) in [4.78, 5) is 16.7. The van der Waals surface area contributed by atoms with Crippen LogP contribution in [0.1, 0.15) is 23.6 Å². The molecule has 33 heavy (non-hydrogen) atoms. The number of hydrogen-bond donors (Lipinski definition) is 0. The molecule has 0 aromatic heterocycles. The van der Waals surface area contributed by atoms with Gasteiger partial charge in [-0.1, -0.05) is 59.1 Å². The van der Waals surface area contributed by atoms with Gasteiger partial charge in [-0.25, -0.2) is 9.79 Å². The van der Waals surface area contributed by atoms with Gasteiger partial charge < -0.3 is 14.2 Å². The van der Waals surface area contributed by atoms with Gasteiger partial charge in [0.05, 0.1) is 16.7 Å². The van der Waals surface area contributed by atoms with Crippen LogP contribution in [0.3, 0.4) is 0 Å². The molecule has 0 bridgehead atoms. The summed E-state index contributed by atoms with van der Waals surface area (Å²) < 4.78 is 17.0. The Labute approximate surface area is 206 Å². The van der Waals surface area contributed by atoms with E-state index in [1.54, 1.807) is 42.5 Å². The van der Waals surface area contributed by atoms with Crippen LogP contribution in [0.4, 0.5) is 0 Å². The van der Waals surface area contributed by atoms with Crippen molar-refractivity contribution in [2.45, 2.75) is 13.5 Å². The molecule has 4 rings (SSSR count). The van der Waals surface area contributed by atoms with E-state index in [4.69, 9.17) is 49.0 Å². The zero-order valence-electron chi connectivity index (χ0n) is 17.5. The number of benzene rings is 3. The summed E-state index contributed by atoms with van der Waals surface area (Å²) in [6.07, 6.45) is 1.62. The topological polar surface area (TPSA) is 57.1 Å². The number of esters is 1. The molecule has 3 aromatic carbocycles. The number of rotatable bonds is 7. The van der Waals surface area contributed by atoms with E-state index in [1.165, 1.54) is 0 Å². The maximum absolute atomic E-state index is 12.4. The van der Waals surface area contributed by atoms with Crippen LogP contribution in [0, 0.1) is 0 Å². The number of carbonyl (C=O) groups is 1. The van der Waals surface area contributed by atoms with Crippen molar-refractivity contribution in [1.29, 1.82) is 0 Å². The Kier molecular flexibility index (Phi) is 7.23. The van der Waals surface area contributed by atoms with Crippen LogP contribution in [0.5, 0.6) is 11.5 Å². The normalized spacial score (nSPS) is 14.2. The van der Waals surface area contributed by atoms with Crippen LogP contribution in [0.25, 0.3) is 6.08 Å². The van der Waals surface area contributed by atoms with Gasteiger partial charge >= 0.3 is 5.97 Å². The van der Waals surface area contributed by atoms with Crippen molar-refractivity contribution in [2.75, 3.05) is 6.61 Å². The minimum atomic E-state index is -0.562. The fourth-order valence-electron chi connectivity index (χ4n) is 3.09. The lowest BCUT2D eigenvalue weighted by atomic mass is 10.1. The molecule has 0 N–H and O–H groups in total. The Hall–Kier alpha value is -2.99. The lowest BCUT2D eigenvalue weighted by molar-refractivity contribution is -0.129. The van der Waals surface area contributed by atoms with Crippen LogP contribution in [-0.4, -0.2) is 18.5 Å². The van der Waals surface area contributed by atoms with Gasteiger partial charge in [-0.3, -0.25) is 0 Å². The molecule has 0 fully saturated rings. The zero-order chi connectivity index (χ0) is 23.4. The smallest absolute Gasteiger partial charge is 0.363 e. The van der Waals surface area contributed by atoms with Crippen LogP contribution in [0.15, 0.2) is 71.4 Å². The highest BCUT2D eigenvalue weighted by Gasteiger charge is 2.24. The predicted molar refractivity (Wildman–Crippen MR) is 130 cm³/mol. The van der Waals surface area contributed by atoms with Gasteiger partial charge in [0, 0.05) is 16.1 Å². The molecule has 1 aliphatic heterocycles. The van der Waals surface area contributed by atoms with Crippen LogP contribution in [0.2, 0.25) is 15.1 Å². The minimum absolute atomic E-state index is 0.156. The summed E-state index contributed by atoms with van der Waals surface area (Å²) in [6.45, 7) is 2.62. The highest BCUT2D eigenvalue weighted by atomic mass is 35.5. The first-order valence-electron chi connectivity index (χ1n) is 10.1. The molecule has 0 aliphatic carbocycles. The first-order valence-corrected chi connectivity index (χ1v) is 11.2. The second-order valence-corrected chi connectivity index (χ2v) is 8.21. The van der Waals surface area contributed by atoms with Gasteiger partial charge in [0.1, 0.15) is 6.61 Å². The molecule has 0 unspecified atom stereocenters. The summed E-state index contributed by atoms with van der Waals surface area (Å²) in [5, 5.41) is 1.38. The summed E-state index contributed by atoms with van der Waals surface area (Å²) in [5.41, 5.74) is 2.28. The number of aliphatic imine (C=N–C) groups is 1. The first kappa shape index (κ1) is 23.2. The average molecular weight is 503 g/mol. The number of cyclic esters (lactones) is 1. The van der Waals surface area contributed by atoms with E-state index in [-0.39, 0.29) is 11.6 Å². The number of halogens is 3. The highest BCUT2D eigenvalue weighted by Crippen LogP contribution is 2.32. The Bertz CT molecular complexity index is 1270. The summed E-state index contributed by atoms with van der Waals surface area (Å²) in [7, 11) is 0. The van der Waals surface area contributed by atoms with Gasteiger partial charge in [0.15, 0.2) is 17.2 Å². The molecule has 0 atom stereocenters. The second-order valence-electron chi connectivity index (χ2n) is 6.98. The zero-order valence-corrected chi connectivity index (χ0v) is 19.7. The van der Waals surface area contributed by atoms with Crippen molar-refractivity contribution in [3.05, 3.63) is 98.1 Å². The Morgan fingerprint density at radius 2 is 1.73 bits per heavy atom. The molecule has 1 heterocycles. The molecule has 3 aromatic rings. The SMILES string of the molecule is CCOc1cc(/C=C2\N=C(c3ccc(Cl)c(Cl)c3)OC2=O)ccc1OCc1ccccc1Cl. The van der Waals surface area contributed by atoms with Crippen molar-refractivity contribution in [2.24, 2.45) is 4.99 Å². The highest BCUT2D eigenvalue weighted by molar-refractivity contribution is 6.42. The summed E-state index contributed by atoms with van der Waals surface area (Å²) in [5.74, 6) is 0.703. The molecule has 0 saturated heterocycles. The molecular weight excluding hydrogens is 485 g/mol. The summed E-state index contributed by atoms with van der Waals surface area (Å²) in [6, 6.07) is 17.7. The first-order chi connectivity index (χ1) is 15.9. The molecular formula is C25H18Cl3NO4. The van der Waals surface area contributed by atoms with E-state index >= 15 is 0 Å². The standard InChI is InChI=1S/C25H18Cl3NO4/c1-2-31-23-12-15(7-10-22(23)32-14-17-5-3-4-6-18(17)26)11-21-25(30)33-24(29-21)16-8-9-19(27)20(28)13-16/h3-13H,2,14H2,1H3/b21-11-. The van der Waals surface area contributed by atoms with Gasteiger partial charge in [-0.05, 0) is 55.0 Å². The van der Waals surface area contributed by atoms with Gasteiger partial charge in [0.25, 0.3) is 0 Å². The van der Waals surface area contributed by atoms with Gasteiger partial charge in [-0.2, -0.15) is 0 Å². The van der Waals surface area contributed by atoms with E-state index in [0.717, 1.165) is 5.56 Å². The molecule has 8 heteroatoms. The minimum Gasteiger partial charge on any atom is -0.490 e. The van der Waals surface area contributed by atoms with Crippen molar-refractivity contribution in [1.82, 2.24) is 0 Å². The third-order valence-electron chi connectivity index (χ3n) is 4.70.